The molecule has 23 heavy (non-hydrogen) atoms. The quantitative estimate of drug-likeness (QED) is 0.804. The normalized spacial score (nSPS) is 17.1. The summed E-state index contributed by atoms with van der Waals surface area (Å²) in [5.74, 6) is 1.26. The van der Waals surface area contributed by atoms with Crippen molar-refractivity contribution in [3.63, 3.8) is 0 Å². The van der Waals surface area contributed by atoms with Gasteiger partial charge in [0.05, 0.1) is 33.0 Å². The van der Waals surface area contributed by atoms with Crippen molar-refractivity contribution < 1.29 is 14.6 Å². The van der Waals surface area contributed by atoms with E-state index >= 15 is 0 Å². The molecule has 0 bridgehead atoms. The van der Waals surface area contributed by atoms with Gasteiger partial charge in [0.1, 0.15) is 5.75 Å². The van der Waals surface area contributed by atoms with Gasteiger partial charge in [-0.3, -0.25) is 4.90 Å². The third-order valence-electron chi connectivity index (χ3n) is 3.73. The van der Waals surface area contributed by atoms with Crippen molar-refractivity contribution in [3.8, 4) is 17.1 Å². The summed E-state index contributed by atoms with van der Waals surface area (Å²) in [7, 11) is 1.62. The Balaban J connectivity index is 1.60. The van der Waals surface area contributed by atoms with E-state index in [1.54, 1.807) is 7.11 Å². The minimum absolute atomic E-state index is 0.314. The number of nitrogens with zero attached hydrogens (tertiary/aromatic N) is 5. The zero-order chi connectivity index (χ0) is 16.1. The molecule has 2 aromatic rings. The molecular formula is C15H21N5O3. The number of benzene rings is 1. The number of β-amino-alcohol motifs (C(OH)–C–C–N with tert-alkyl or cyclic N) is 1. The molecule has 0 radical (unpaired) electrons. The number of aliphatic hydroxyl groups is 1. The van der Waals surface area contributed by atoms with E-state index in [-0.39, 0.29) is 0 Å². The first-order chi connectivity index (χ1) is 11.2. The summed E-state index contributed by atoms with van der Waals surface area (Å²) in [4.78, 5) is 3.61. The zero-order valence-electron chi connectivity index (χ0n) is 13.1. The average Bonchev–Trinajstić information content (AvgIpc) is 3.04. The molecule has 1 aliphatic rings. The molecule has 8 heteroatoms. The van der Waals surface area contributed by atoms with Crippen LogP contribution in [-0.4, -0.2) is 76.3 Å². The Bertz CT molecular complexity index is 627. The summed E-state index contributed by atoms with van der Waals surface area (Å²) in [5.41, 5.74) is 0.832. The largest absolute Gasteiger partial charge is 0.497 e. The van der Waals surface area contributed by atoms with Crippen LogP contribution in [0.3, 0.4) is 0 Å². The molecule has 0 amide bonds. The maximum atomic E-state index is 10.2. The fourth-order valence-electron chi connectivity index (χ4n) is 2.53. The van der Waals surface area contributed by atoms with E-state index in [1.165, 1.54) is 4.80 Å². The van der Waals surface area contributed by atoms with Gasteiger partial charge in [-0.25, -0.2) is 0 Å². The van der Waals surface area contributed by atoms with Gasteiger partial charge in [0.25, 0.3) is 0 Å². The molecule has 1 unspecified atom stereocenters. The van der Waals surface area contributed by atoms with Crippen LogP contribution in [-0.2, 0) is 11.3 Å². The number of hydrogen-bond donors (Lipinski definition) is 1. The maximum absolute atomic E-state index is 10.2. The lowest BCUT2D eigenvalue weighted by Crippen LogP contribution is -2.42. The SMILES string of the molecule is COc1cccc(-c2nnn(CC(O)CN3CCOCC3)n2)c1. The molecule has 0 aliphatic carbocycles. The lowest BCUT2D eigenvalue weighted by molar-refractivity contribution is 0.00988. The van der Waals surface area contributed by atoms with Crippen LogP contribution >= 0.6 is 0 Å². The van der Waals surface area contributed by atoms with Crippen LogP contribution in [0.2, 0.25) is 0 Å². The third-order valence-corrected chi connectivity index (χ3v) is 3.73. The summed E-state index contributed by atoms with van der Waals surface area (Å²) >= 11 is 0. The molecule has 1 aromatic carbocycles. The minimum atomic E-state index is -0.541. The number of methoxy groups -OCH3 is 1. The van der Waals surface area contributed by atoms with Crippen molar-refractivity contribution in [2.45, 2.75) is 12.6 Å². The van der Waals surface area contributed by atoms with Crippen LogP contribution in [0.15, 0.2) is 24.3 Å². The van der Waals surface area contributed by atoms with Crippen LogP contribution in [0.1, 0.15) is 0 Å². The molecule has 1 N–H and O–H groups in total. The standard InChI is InChI=1S/C15H21N5O3/c1-22-14-4-2-3-12(9-14)15-16-18-20(17-15)11-13(21)10-19-5-7-23-8-6-19/h2-4,9,13,21H,5-8,10-11H2,1H3. The molecule has 8 nitrogen and oxygen atoms in total. The number of morpholine rings is 1. The molecule has 0 saturated carbocycles. The lowest BCUT2D eigenvalue weighted by Gasteiger charge is -2.28. The molecule has 124 valence electrons. The fraction of sp³-hybridized carbons (Fsp3) is 0.533. The first-order valence-corrected chi connectivity index (χ1v) is 7.65. The number of aliphatic hydroxyl groups excluding tert-OH is 1. The first kappa shape index (κ1) is 15.9. The smallest absolute Gasteiger partial charge is 0.205 e. The summed E-state index contributed by atoms with van der Waals surface area (Å²) < 4.78 is 10.5. The Morgan fingerprint density at radius 2 is 2.13 bits per heavy atom. The summed E-state index contributed by atoms with van der Waals surface area (Å²) in [6.45, 7) is 4.02. The molecule has 1 atom stereocenters. The number of ether oxygens (including phenoxy) is 2. The van der Waals surface area contributed by atoms with E-state index in [9.17, 15) is 5.11 Å². The van der Waals surface area contributed by atoms with Gasteiger partial charge in [-0.2, -0.15) is 4.80 Å². The van der Waals surface area contributed by atoms with Gasteiger partial charge in [-0.1, -0.05) is 12.1 Å². The van der Waals surface area contributed by atoms with Crippen LogP contribution in [0, 0.1) is 0 Å². The van der Waals surface area contributed by atoms with Crippen molar-refractivity contribution in [2.24, 2.45) is 0 Å². The van der Waals surface area contributed by atoms with Crippen molar-refractivity contribution in [3.05, 3.63) is 24.3 Å². The van der Waals surface area contributed by atoms with E-state index in [1.807, 2.05) is 24.3 Å². The predicted octanol–water partition coefficient (Wildman–Crippen LogP) is 0.0418. The second-order valence-electron chi connectivity index (χ2n) is 5.47. The van der Waals surface area contributed by atoms with Gasteiger partial charge in [0.2, 0.25) is 5.82 Å². The Hall–Kier alpha value is -2.03. The van der Waals surface area contributed by atoms with E-state index in [2.05, 4.69) is 20.3 Å². The maximum Gasteiger partial charge on any atom is 0.205 e. The Morgan fingerprint density at radius 1 is 1.30 bits per heavy atom. The Morgan fingerprint density at radius 3 is 2.91 bits per heavy atom. The molecule has 3 rings (SSSR count). The summed E-state index contributed by atoms with van der Waals surface area (Å²) in [5, 5.41) is 22.6. The Kier molecular flexibility index (Phi) is 5.16. The highest BCUT2D eigenvalue weighted by Gasteiger charge is 2.16. The van der Waals surface area contributed by atoms with Gasteiger partial charge in [0, 0.05) is 25.2 Å². The van der Waals surface area contributed by atoms with Gasteiger partial charge in [-0.05, 0) is 17.3 Å². The van der Waals surface area contributed by atoms with Crippen molar-refractivity contribution in [1.82, 2.24) is 25.1 Å². The molecule has 1 fully saturated rings. The molecule has 2 heterocycles. The Labute approximate surface area is 134 Å². The van der Waals surface area contributed by atoms with Crippen molar-refractivity contribution in [2.75, 3.05) is 40.0 Å². The summed E-state index contributed by atoms with van der Waals surface area (Å²) in [6.07, 6.45) is -0.541. The topological polar surface area (TPSA) is 85.5 Å². The number of aromatic nitrogens is 4. The fourth-order valence-corrected chi connectivity index (χ4v) is 2.53. The van der Waals surface area contributed by atoms with Gasteiger partial charge >= 0.3 is 0 Å². The molecule has 0 spiro atoms. The number of tetrazole rings is 1. The highest BCUT2D eigenvalue weighted by atomic mass is 16.5. The van der Waals surface area contributed by atoms with Gasteiger partial charge < -0.3 is 14.6 Å². The van der Waals surface area contributed by atoms with Crippen molar-refractivity contribution in [1.29, 1.82) is 0 Å². The van der Waals surface area contributed by atoms with E-state index < -0.39 is 6.10 Å². The zero-order valence-corrected chi connectivity index (χ0v) is 13.1. The number of hydrogen-bond acceptors (Lipinski definition) is 7. The van der Waals surface area contributed by atoms with Crippen LogP contribution in [0.25, 0.3) is 11.4 Å². The van der Waals surface area contributed by atoms with Gasteiger partial charge in [-0.15, -0.1) is 10.2 Å². The second kappa shape index (κ2) is 7.49. The van der Waals surface area contributed by atoms with E-state index in [4.69, 9.17) is 9.47 Å². The lowest BCUT2D eigenvalue weighted by atomic mass is 10.2. The molecular weight excluding hydrogens is 298 g/mol. The van der Waals surface area contributed by atoms with E-state index in [0.717, 1.165) is 24.4 Å². The monoisotopic (exact) mass is 319 g/mol. The molecule has 1 saturated heterocycles. The van der Waals surface area contributed by atoms with E-state index in [0.29, 0.717) is 32.1 Å². The van der Waals surface area contributed by atoms with Crippen LogP contribution < -0.4 is 4.74 Å². The van der Waals surface area contributed by atoms with Crippen molar-refractivity contribution >= 4 is 0 Å². The number of rotatable bonds is 6. The highest BCUT2D eigenvalue weighted by Crippen LogP contribution is 2.19. The second-order valence-corrected chi connectivity index (χ2v) is 5.47. The minimum Gasteiger partial charge on any atom is -0.497 e. The summed E-state index contributed by atoms with van der Waals surface area (Å²) in [6, 6.07) is 7.49. The molecule has 1 aliphatic heterocycles. The molecule has 1 aromatic heterocycles. The third kappa shape index (κ3) is 4.25. The van der Waals surface area contributed by atoms with Crippen LogP contribution in [0.4, 0.5) is 0 Å². The predicted molar refractivity (Wildman–Crippen MR) is 83.1 cm³/mol. The van der Waals surface area contributed by atoms with Crippen LogP contribution in [0.5, 0.6) is 5.75 Å². The highest BCUT2D eigenvalue weighted by molar-refractivity contribution is 5.56. The first-order valence-electron chi connectivity index (χ1n) is 7.65. The van der Waals surface area contributed by atoms with Gasteiger partial charge in [0.15, 0.2) is 0 Å². The average molecular weight is 319 g/mol.